The number of amides is 1. The van der Waals surface area contributed by atoms with Gasteiger partial charge in [0, 0.05) is 5.69 Å². The van der Waals surface area contributed by atoms with Crippen LogP contribution in [0.1, 0.15) is 0 Å². The first-order chi connectivity index (χ1) is 12.1. The highest BCUT2D eigenvalue weighted by molar-refractivity contribution is 7.99. The van der Waals surface area contributed by atoms with Crippen molar-refractivity contribution in [1.82, 2.24) is 10.2 Å². The number of anilines is 1. The molecule has 25 heavy (non-hydrogen) atoms. The van der Waals surface area contributed by atoms with Crippen molar-refractivity contribution in [2.45, 2.75) is 11.8 Å². The van der Waals surface area contributed by atoms with Gasteiger partial charge < -0.3 is 14.5 Å². The molecule has 2 heterocycles. The first-order valence-electron chi connectivity index (χ1n) is 6.95. The number of hydrogen-bond donors (Lipinski definition) is 1. The lowest BCUT2D eigenvalue weighted by atomic mass is 10.3. The molecule has 3 aromatic rings. The number of ether oxygens (including phenoxy) is 1. The topological polar surface area (TPSA) is 77.2 Å². The Hall–Kier alpha value is -2.46. The molecule has 0 saturated carbocycles. The molecule has 0 bridgehead atoms. The van der Waals surface area contributed by atoms with Gasteiger partial charge in [0.2, 0.25) is 5.91 Å². The van der Waals surface area contributed by atoms with E-state index in [9.17, 15) is 13.6 Å². The third-order valence-electron chi connectivity index (χ3n) is 2.83. The average molecular weight is 383 g/mol. The number of rotatable bonds is 7. The summed E-state index contributed by atoms with van der Waals surface area (Å²) in [6, 6.07) is 9.38. The predicted molar refractivity (Wildman–Crippen MR) is 90.0 cm³/mol. The van der Waals surface area contributed by atoms with E-state index in [4.69, 9.17) is 4.42 Å². The van der Waals surface area contributed by atoms with Crippen molar-refractivity contribution in [3.05, 3.63) is 41.8 Å². The number of alkyl halides is 2. The smallest absolute Gasteiger partial charge is 0.387 e. The zero-order valence-corrected chi connectivity index (χ0v) is 14.2. The summed E-state index contributed by atoms with van der Waals surface area (Å²) >= 11 is 2.58. The average Bonchev–Trinajstić information content (AvgIpc) is 3.25. The summed E-state index contributed by atoms with van der Waals surface area (Å²) in [5.41, 5.74) is 0.469. The fraction of sp³-hybridized carbons (Fsp3) is 0.133. The SMILES string of the molecule is O=C(CSc1nnc(-c2cccs2)o1)Nc1ccc(OC(F)F)cc1. The third kappa shape index (κ3) is 5.00. The van der Waals surface area contributed by atoms with E-state index >= 15 is 0 Å². The van der Waals surface area contributed by atoms with Crippen LogP contribution in [0.4, 0.5) is 14.5 Å². The highest BCUT2D eigenvalue weighted by Crippen LogP contribution is 2.26. The van der Waals surface area contributed by atoms with E-state index in [1.54, 1.807) is 0 Å². The molecule has 1 N–H and O–H groups in total. The number of hydrogen-bond acceptors (Lipinski definition) is 7. The largest absolute Gasteiger partial charge is 0.435 e. The van der Waals surface area contributed by atoms with Gasteiger partial charge in [0.1, 0.15) is 5.75 Å². The normalized spacial score (nSPS) is 10.8. The van der Waals surface area contributed by atoms with Gasteiger partial charge in [-0.05, 0) is 35.7 Å². The highest BCUT2D eigenvalue weighted by atomic mass is 32.2. The number of benzene rings is 1. The molecule has 1 amide bonds. The Morgan fingerprint density at radius 1 is 1.28 bits per heavy atom. The number of carbonyl (C=O) groups is 1. The second kappa shape index (κ2) is 8.08. The predicted octanol–water partition coefficient (Wildman–Crippen LogP) is 4.13. The van der Waals surface area contributed by atoms with Crippen molar-refractivity contribution in [3.63, 3.8) is 0 Å². The molecule has 0 fully saturated rings. The van der Waals surface area contributed by atoms with Crippen molar-refractivity contribution < 1.29 is 22.7 Å². The van der Waals surface area contributed by atoms with E-state index in [-0.39, 0.29) is 17.4 Å². The fourth-order valence-electron chi connectivity index (χ4n) is 1.81. The van der Waals surface area contributed by atoms with E-state index in [2.05, 4.69) is 20.3 Å². The number of halogens is 2. The van der Waals surface area contributed by atoms with Crippen LogP contribution in [0.3, 0.4) is 0 Å². The van der Waals surface area contributed by atoms with Crippen LogP contribution in [0, 0.1) is 0 Å². The van der Waals surface area contributed by atoms with Crippen molar-refractivity contribution in [2.75, 3.05) is 11.1 Å². The number of aromatic nitrogens is 2. The quantitative estimate of drug-likeness (QED) is 0.618. The second-order valence-corrected chi connectivity index (χ2v) is 6.46. The van der Waals surface area contributed by atoms with Crippen LogP contribution in [0.15, 0.2) is 51.4 Å². The van der Waals surface area contributed by atoms with E-state index in [0.29, 0.717) is 16.8 Å². The molecule has 1 aromatic carbocycles. The van der Waals surface area contributed by atoms with Gasteiger partial charge in [0.25, 0.3) is 11.1 Å². The second-order valence-electron chi connectivity index (χ2n) is 4.59. The fourth-order valence-corrected chi connectivity index (χ4v) is 3.02. The maximum atomic E-state index is 12.1. The van der Waals surface area contributed by atoms with Crippen molar-refractivity contribution in [2.24, 2.45) is 0 Å². The van der Waals surface area contributed by atoms with Gasteiger partial charge in [-0.3, -0.25) is 4.79 Å². The molecule has 0 unspecified atom stereocenters. The minimum atomic E-state index is -2.88. The third-order valence-corrected chi connectivity index (χ3v) is 4.50. The Labute approximate surface area is 149 Å². The van der Waals surface area contributed by atoms with Gasteiger partial charge in [-0.2, -0.15) is 8.78 Å². The molecule has 0 spiro atoms. The zero-order valence-electron chi connectivity index (χ0n) is 12.5. The number of carbonyl (C=O) groups excluding carboxylic acids is 1. The maximum Gasteiger partial charge on any atom is 0.387 e. The Balaban J connectivity index is 1.49. The van der Waals surface area contributed by atoms with Gasteiger partial charge in [0.05, 0.1) is 10.6 Å². The summed E-state index contributed by atoms with van der Waals surface area (Å²) in [7, 11) is 0. The van der Waals surface area contributed by atoms with Crippen LogP contribution in [-0.2, 0) is 4.79 Å². The minimum absolute atomic E-state index is 0.0225. The van der Waals surface area contributed by atoms with Crippen LogP contribution in [0.5, 0.6) is 5.75 Å². The molecule has 0 atom stereocenters. The summed E-state index contributed by atoms with van der Waals surface area (Å²) < 4.78 is 33.8. The maximum absolute atomic E-state index is 12.1. The molecule has 3 rings (SSSR count). The van der Waals surface area contributed by atoms with Gasteiger partial charge in [0.15, 0.2) is 0 Å². The Kier molecular flexibility index (Phi) is 5.61. The molecular formula is C15H11F2N3O3S2. The summed E-state index contributed by atoms with van der Waals surface area (Å²) in [6.45, 7) is -2.88. The van der Waals surface area contributed by atoms with Gasteiger partial charge >= 0.3 is 6.61 Å². The molecule has 0 aliphatic heterocycles. The number of thioether (sulfide) groups is 1. The summed E-state index contributed by atoms with van der Waals surface area (Å²) in [5.74, 6) is 0.215. The zero-order chi connectivity index (χ0) is 17.6. The lowest BCUT2D eigenvalue weighted by Crippen LogP contribution is -2.14. The summed E-state index contributed by atoms with van der Waals surface area (Å²) in [6.07, 6.45) is 0. The molecule has 0 aliphatic rings. The van der Waals surface area contributed by atoms with Crippen molar-refractivity contribution in [1.29, 1.82) is 0 Å². The van der Waals surface area contributed by atoms with Gasteiger partial charge in [-0.25, -0.2) is 0 Å². The summed E-state index contributed by atoms with van der Waals surface area (Å²) in [5, 5.41) is 12.6. The number of thiophene rings is 1. The Morgan fingerprint density at radius 2 is 2.08 bits per heavy atom. The van der Waals surface area contributed by atoms with Crippen LogP contribution in [0.25, 0.3) is 10.8 Å². The van der Waals surface area contributed by atoms with Crippen LogP contribution in [-0.4, -0.2) is 28.5 Å². The molecule has 10 heteroatoms. The molecular weight excluding hydrogens is 372 g/mol. The first-order valence-corrected chi connectivity index (χ1v) is 8.81. The minimum Gasteiger partial charge on any atom is -0.435 e. The Morgan fingerprint density at radius 3 is 2.76 bits per heavy atom. The lowest BCUT2D eigenvalue weighted by molar-refractivity contribution is -0.113. The van der Waals surface area contributed by atoms with Crippen LogP contribution in [0.2, 0.25) is 0 Å². The lowest BCUT2D eigenvalue weighted by Gasteiger charge is -2.06. The van der Waals surface area contributed by atoms with Gasteiger partial charge in [-0.1, -0.05) is 17.8 Å². The van der Waals surface area contributed by atoms with E-state index < -0.39 is 6.61 Å². The standard InChI is InChI=1S/C15H11F2N3O3S2/c16-14(17)22-10-5-3-9(4-6-10)18-12(21)8-25-15-20-19-13(23-15)11-2-1-7-24-11/h1-7,14H,8H2,(H,18,21). The van der Waals surface area contributed by atoms with Crippen molar-refractivity contribution in [3.8, 4) is 16.5 Å². The van der Waals surface area contributed by atoms with Gasteiger partial charge in [-0.15, -0.1) is 21.5 Å². The molecule has 130 valence electrons. The Bertz CT molecular complexity index is 823. The highest BCUT2D eigenvalue weighted by Gasteiger charge is 2.12. The van der Waals surface area contributed by atoms with E-state index in [1.165, 1.54) is 35.6 Å². The van der Waals surface area contributed by atoms with Crippen LogP contribution >= 0.6 is 23.1 Å². The van der Waals surface area contributed by atoms with E-state index in [1.807, 2.05) is 17.5 Å². The molecule has 6 nitrogen and oxygen atoms in total. The summed E-state index contributed by atoms with van der Waals surface area (Å²) in [4.78, 5) is 12.8. The molecule has 0 aliphatic carbocycles. The monoisotopic (exact) mass is 383 g/mol. The molecule has 0 radical (unpaired) electrons. The van der Waals surface area contributed by atoms with Crippen LogP contribution < -0.4 is 10.1 Å². The number of nitrogens with one attached hydrogen (secondary N) is 1. The van der Waals surface area contributed by atoms with Crippen molar-refractivity contribution >= 4 is 34.7 Å². The number of nitrogens with zero attached hydrogens (tertiary/aromatic N) is 2. The molecule has 0 saturated heterocycles. The molecule has 2 aromatic heterocycles. The first kappa shape index (κ1) is 17.4. The van der Waals surface area contributed by atoms with E-state index in [0.717, 1.165) is 16.6 Å².